The maximum Gasteiger partial charge on any atom is 0.237 e. The summed E-state index contributed by atoms with van der Waals surface area (Å²) in [7, 11) is 0. The van der Waals surface area contributed by atoms with Crippen molar-refractivity contribution >= 4 is 28.5 Å². The van der Waals surface area contributed by atoms with Gasteiger partial charge in [-0.3, -0.25) is 10.1 Å². The number of ether oxygens (including phenoxy) is 2. The Hall–Kier alpha value is -2.35. The van der Waals surface area contributed by atoms with Crippen LogP contribution in [0.1, 0.15) is 39.4 Å². The van der Waals surface area contributed by atoms with Gasteiger partial charge in [0.1, 0.15) is 17.3 Å². The molecule has 8 heteroatoms. The second-order valence-electron chi connectivity index (χ2n) is 7.68. The first-order chi connectivity index (χ1) is 14.3. The summed E-state index contributed by atoms with van der Waals surface area (Å²) in [5.74, 6) is 1.75. The standard InChI is InChI=1S/C22H29ClN4O3/c1-4-29-12-11-27-18-13-15(30-19-8-6-5-7-16(19)23)9-10-17(18)26-20(27)14-25-22(2,3)21(24)28/h6,8-10,13,25H,4-5,7,11-12,14H2,1-3H3,(H2,24,28). The molecule has 0 atom stereocenters. The molecule has 1 heterocycles. The lowest BCUT2D eigenvalue weighted by atomic mass is 10.1. The molecule has 162 valence electrons. The van der Waals surface area contributed by atoms with Crippen LogP contribution < -0.4 is 15.8 Å². The summed E-state index contributed by atoms with van der Waals surface area (Å²) in [5.41, 5.74) is 6.41. The highest BCUT2D eigenvalue weighted by atomic mass is 35.5. The number of aromatic nitrogens is 2. The van der Waals surface area contributed by atoms with Crippen LogP contribution in [0, 0.1) is 0 Å². The number of carbonyl (C=O) groups excluding carboxylic acids is 1. The Morgan fingerprint density at radius 3 is 2.90 bits per heavy atom. The van der Waals surface area contributed by atoms with Crippen molar-refractivity contribution in [1.82, 2.24) is 14.9 Å². The van der Waals surface area contributed by atoms with Gasteiger partial charge in [-0.2, -0.15) is 0 Å². The van der Waals surface area contributed by atoms with Crippen LogP contribution >= 0.6 is 11.6 Å². The summed E-state index contributed by atoms with van der Waals surface area (Å²) >= 11 is 6.30. The number of hydrogen-bond acceptors (Lipinski definition) is 5. The zero-order valence-electron chi connectivity index (χ0n) is 17.7. The lowest BCUT2D eigenvalue weighted by Crippen LogP contribution is -2.50. The third-order valence-corrected chi connectivity index (χ3v) is 5.44. The Morgan fingerprint density at radius 1 is 1.40 bits per heavy atom. The second kappa shape index (κ2) is 9.64. The van der Waals surface area contributed by atoms with Gasteiger partial charge < -0.3 is 19.8 Å². The molecule has 0 fully saturated rings. The van der Waals surface area contributed by atoms with E-state index in [1.165, 1.54) is 0 Å². The molecule has 1 aromatic carbocycles. The number of nitrogens with zero attached hydrogens (tertiary/aromatic N) is 2. The van der Waals surface area contributed by atoms with Crippen molar-refractivity contribution in [2.45, 2.75) is 52.2 Å². The number of fused-ring (bicyclic) bond motifs is 1. The highest BCUT2D eigenvalue weighted by molar-refractivity contribution is 6.30. The predicted octanol–water partition coefficient (Wildman–Crippen LogP) is 3.61. The third-order valence-electron chi connectivity index (χ3n) is 5.06. The summed E-state index contributed by atoms with van der Waals surface area (Å²) in [6, 6.07) is 5.76. The molecule has 2 aromatic rings. The van der Waals surface area contributed by atoms with Crippen LogP contribution in [0.5, 0.6) is 5.75 Å². The predicted molar refractivity (Wildman–Crippen MR) is 118 cm³/mol. The van der Waals surface area contributed by atoms with E-state index in [1.807, 2.05) is 31.2 Å². The minimum absolute atomic E-state index is 0.395. The number of imidazole rings is 1. The van der Waals surface area contributed by atoms with E-state index in [9.17, 15) is 4.79 Å². The summed E-state index contributed by atoms with van der Waals surface area (Å²) in [5, 5.41) is 3.91. The molecule has 7 nitrogen and oxygen atoms in total. The van der Waals surface area contributed by atoms with Crippen molar-refractivity contribution < 1.29 is 14.3 Å². The number of amides is 1. The molecule has 1 aromatic heterocycles. The number of allylic oxidation sites excluding steroid dienone is 3. The lowest BCUT2D eigenvalue weighted by molar-refractivity contribution is -0.123. The Morgan fingerprint density at radius 2 is 2.20 bits per heavy atom. The molecule has 0 radical (unpaired) electrons. The van der Waals surface area contributed by atoms with Gasteiger partial charge in [-0.05, 0) is 51.8 Å². The number of halogens is 1. The Kier molecular flexibility index (Phi) is 7.18. The van der Waals surface area contributed by atoms with Crippen molar-refractivity contribution in [3.63, 3.8) is 0 Å². The first-order valence-electron chi connectivity index (χ1n) is 10.2. The highest BCUT2D eigenvalue weighted by Crippen LogP contribution is 2.28. The molecule has 0 aliphatic heterocycles. The average Bonchev–Trinajstić information content (AvgIpc) is 3.05. The van der Waals surface area contributed by atoms with Crippen LogP contribution in [0.15, 0.2) is 41.1 Å². The molecule has 1 aliphatic carbocycles. The maximum absolute atomic E-state index is 11.6. The van der Waals surface area contributed by atoms with Gasteiger partial charge in [-0.25, -0.2) is 4.98 Å². The van der Waals surface area contributed by atoms with E-state index < -0.39 is 11.4 Å². The van der Waals surface area contributed by atoms with Crippen LogP contribution in [-0.2, 0) is 22.6 Å². The third kappa shape index (κ3) is 5.22. The van der Waals surface area contributed by atoms with Gasteiger partial charge in [-0.15, -0.1) is 0 Å². The van der Waals surface area contributed by atoms with Gasteiger partial charge in [0.2, 0.25) is 5.91 Å². The number of nitrogens with two attached hydrogens (primary N) is 1. The Balaban J connectivity index is 1.90. The maximum atomic E-state index is 11.6. The minimum Gasteiger partial charge on any atom is -0.456 e. The fraction of sp³-hybridized carbons (Fsp3) is 0.455. The topological polar surface area (TPSA) is 91.4 Å². The average molecular weight is 433 g/mol. The van der Waals surface area contributed by atoms with Gasteiger partial charge >= 0.3 is 0 Å². The molecule has 1 aliphatic rings. The first-order valence-corrected chi connectivity index (χ1v) is 10.5. The summed E-state index contributed by atoms with van der Waals surface area (Å²) in [6.45, 7) is 7.69. The van der Waals surface area contributed by atoms with Crippen LogP contribution in [0.25, 0.3) is 11.0 Å². The van der Waals surface area contributed by atoms with Crippen molar-refractivity contribution in [3.8, 4) is 5.75 Å². The van der Waals surface area contributed by atoms with Crippen molar-refractivity contribution in [2.75, 3.05) is 13.2 Å². The van der Waals surface area contributed by atoms with Crippen molar-refractivity contribution in [2.24, 2.45) is 5.73 Å². The van der Waals surface area contributed by atoms with Gasteiger partial charge in [0.15, 0.2) is 0 Å². The Bertz CT molecular complexity index is 978. The molecule has 0 saturated heterocycles. The van der Waals surface area contributed by atoms with E-state index in [-0.39, 0.29) is 0 Å². The zero-order chi connectivity index (χ0) is 21.7. The highest BCUT2D eigenvalue weighted by Gasteiger charge is 2.25. The number of primary amides is 1. The molecule has 0 unspecified atom stereocenters. The minimum atomic E-state index is -0.840. The largest absolute Gasteiger partial charge is 0.456 e. The van der Waals surface area contributed by atoms with E-state index in [2.05, 4.69) is 16.0 Å². The molecule has 3 rings (SSSR count). The van der Waals surface area contributed by atoms with Gasteiger partial charge in [0.25, 0.3) is 0 Å². The summed E-state index contributed by atoms with van der Waals surface area (Å²) < 4.78 is 13.7. The molecule has 0 bridgehead atoms. The summed E-state index contributed by atoms with van der Waals surface area (Å²) in [4.78, 5) is 16.4. The molecular weight excluding hydrogens is 404 g/mol. The molecule has 1 amide bonds. The normalized spacial score (nSPS) is 14.5. The Labute approximate surface area is 181 Å². The number of benzene rings is 1. The van der Waals surface area contributed by atoms with E-state index in [1.54, 1.807) is 13.8 Å². The van der Waals surface area contributed by atoms with Gasteiger partial charge in [-0.1, -0.05) is 17.7 Å². The van der Waals surface area contributed by atoms with Gasteiger partial charge in [0, 0.05) is 19.2 Å². The van der Waals surface area contributed by atoms with E-state index in [4.69, 9.17) is 31.8 Å². The smallest absolute Gasteiger partial charge is 0.237 e. The monoisotopic (exact) mass is 432 g/mol. The van der Waals surface area contributed by atoms with Crippen LogP contribution in [0.4, 0.5) is 0 Å². The first kappa shape index (κ1) is 22.3. The number of carbonyl (C=O) groups is 1. The SMILES string of the molecule is CCOCCn1c(CNC(C)(C)C(N)=O)nc2ccc(OC3=C(Cl)CCC=C3)cc21. The molecule has 30 heavy (non-hydrogen) atoms. The molecular formula is C22H29ClN4O3. The molecule has 0 saturated carbocycles. The summed E-state index contributed by atoms with van der Waals surface area (Å²) in [6.07, 6.45) is 5.67. The van der Waals surface area contributed by atoms with Crippen LogP contribution in [0.2, 0.25) is 0 Å². The van der Waals surface area contributed by atoms with Crippen molar-refractivity contribution in [1.29, 1.82) is 0 Å². The van der Waals surface area contributed by atoms with Crippen LogP contribution in [-0.4, -0.2) is 34.2 Å². The lowest BCUT2D eigenvalue weighted by Gasteiger charge is -2.22. The zero-order valence-corrected chi connectivity index (χ0v) is 18.5. The molecule has 3 N–H and O–H groups in total. The van der Waals surface area contributed by atoms with E-state index in [0.29, 0.717) is 37.8 Å². The van der Waals surface area contributed by atoms with Gasteiger partial charge in [0.05, 0.1) is 34.8 Å². The van der Waals surface area contributed by atoms with E-state index >= 15 is 0 Å². The van der Waals surface area contributed by atoms with E-state index in [0.717, 1.165) is 34.7 Å². The number of hydrogen-bond donors (Lipinski definition) is 2. The number of nitrogens with one attached hydrogen (secondary N) is 1. The van der Waals surface area contributed by atoms with Crippen molar-refractivity contribution in [3.05, 3.63) is 47.0 Å². The quantitative estimate of drug-likeness (QED) is 0.559. The second-order valence-corrected chi connectivity index (χ2v) is 8.14. The fourth-order valence-corrected chi connectivity index (χ4v) is 3.33. The molecule has 0 spiro atoms. The van der Waals surface area contributed by atoms with Crippen LogP contribution in [0.3, 0.4) is 0 Å². The fourth-order valence-electron chi connectivity index (χ4n) is 3.12. The number of rotatable bonds is 10.